The second-order valence-corrected chi connectivity index (χ2v) is 6.29. The Hall–Kier alpha value is -1.45. The summed E-state index contributed by atoms with van der Waals surface area (Å²) in [5.41, 5.74) is 7.40. The summed E-state index contributed by atoms with van der Waals surface area (Å²) in [6.45, 7) is 4.04. The number of carbonyl (C=O) groups excluding carboxylic acids is 1. The van der Waals surface area contributed by atoms with E-state index in [-0.39, 0.29) is 5.91 Å². The van der Waals surface area contributed by atoms with Gasteiger partial charge in [0, 0.05) is 25.3 Å². The van der Waals surface area contributed by atoms with Gasteiger partial charge in [0.05, 0.1) is 5.69 Å². The summed E-state index contributed by atoms with van der Waals surface area (Å²) in [4.78, 5) is 14.8. The van der Waals surface area contributed by atoms with Gasteiger partial charge < -0.3 is 15.2 Å². The van der Waals surface area contributed by atoms with Crippen LogP contribution in [-0.4, -0.2) is 28.5 Å². The van der Waals surface area contributed by atoms with E-state index in [4.69, 9.17) is 5.73 Å². The van der Waals surface area contributed by atoms with Crippen molar-refractivity contribution in [3.05, 3.63) is 18.0 Å². The van der Waals surface area contributed by atoms with E-state index in [2.05, 4.69) is 11.5 Å². The zero-order chi connectivity index (χ0) is 14.1. The van der Waals surface area contributed by atoms with Crippen LogP contribution in [0.4, 0.5) is 5.69 Å². The Kier molecular flexibility index (Phi) is 3.72. The lowest BCUT2D eigenvalue weighted by Gasteiger charge is -2.21. The van der Waals surface area contributed by atoms with Crippen molar-refractivity contribution < 1.29 is 4.79 Å². The van der Waals surface area contributed by atoms with Crippen molar-refractivity contribution >= 4 is 11.6 Å². The highest BCUT2D eigenvalue weighted by Gasteiger charge is 2.30. The van der Waals surface area contributed by atoms with Crippen LogP contribution in [0.1, 0.15) is 62.0 Å². The van der Waals surface area contributed by atoms with Crippen LogP contribution < -0.4 is 5.73 Å². The minimum Gasteiger partial charge on any atom is -0.397 e. The van der Waals surface area contributed by atoms with E-state index in [1.165, 1.54) is 25.7 Å². The molecule has 2 heterocycles. The predicted molar refractivity (Wildman–Crippen MR) is 80.7 cm³/mol. The fraction of sp³-hybridized carbons (Fsp3) is 0.688. The van der Waals surface area contributed by atoms with Crippen LogP contribution in [0.5, 0.6) is 0 Å². The molecule has 1 aromatic rings. The van der Waals surface area contributed by atoms with Gasteiger partial charge in [-0.15, -0.1) is 0 Å². The van der Waals surface area contributed by atoms with Crippen LogP contribution >= 0.6 is 0 Å². The van der Waals surface area contributed by atoms with Crippen LogP contribution in [0, 0.1) is 5.92 Å². The van der Waals surface area contributed by atoms with Gasteiger partial charge in [-0.2, -0.15) is 0 Å². The lowest BCUT2D eigenvalue weighted by atomic mass is 9.98. The average Bonchev–Trinajstić information content (AvgIpc) is 3.24. The summed E-state index contributed by atoms with van der Waals surface area (Å²) >= 11 is 0. The average molecular weight is 275 g/mol. The smallest absolute Gasteiger partial charge is 0.270 e. The van der Waals surface area contributed by atoms with E-state index >= 15 is 0 Å². The maximum atomic E-state index is 12.8. The second kappa shape index (κ2) is 5.51. The molecule has 1 atom stereocenters. The van der Waals surface area contributed by atoms with Crippen LogP contribution in [0.3, 0.4) is 0 Å². The topological polar surface area (TPSA) is 51.3 Å². The molecule has 1 aromatic heterocycles. The van der Waals surface area contributed by atoms with E-state index in [1.54, 1.807) is 0 Å². The molecule has 0 radical (unpaired) electrons. The zero-order valence-electron chi connectivity index (χ0n) is 12.3. The molecule has 1 aliphatic heterocycles. The van der Waals surface area contributed by atoms with Crippen molar-refractivity contribution in [1.29, 1.82) is 0 Å². The Bertz CT molecular complexity index is 490. The number of rotatable bonds is 3. The van der Waals surface area contributed by atoms with Gasteiger partial charge in [0.25, 0.3) is 5.91 Å². The van der Waals surface area contributed by atoms with Gasteiger partial charge in [-0.3, -0.25) is 4.79 Å². The number of anilines is 1. The molecule has 1 unspecified atom stereocenters. The number of hydrogen-bond donors (Lipinski definition) is 1. The molecule has 110 valence electrons. The number of nitrogens with zero attached hydrogens (tertiary/aromatic N) is 2. The predicted octanol–water partition coefficient (Wildman–Crippen LogP) is 3.06. The molecule has 0 spiro atoms. The molecule has 0 aromatic carbocycles. The monoisotopic (exact) mass is 275 g/mol. The first-order valence-electron chi connectivity index (χ1n) is 7.95. The first-order valence-corrected chi connectivity index (χ1v) is 7.95. The summed E-state index contributed by atoms with van der Waals surface area (Å²) < 4.78 is 2.10. The Morgan fingerprint density at radius 1 is 1.30 bits per heavy atom. The normalized spacial score (nSPS) is 23.6. The van der Waals surface area contributed by atoms with Crippen molar-refractivity contribution in [2.75, 3.05) is 18.8 Å². The number of nitrogen functional groups attached to an aromatic ring is 1. The van der Waals surface area contributed by atoms with Crippen LogP contribution in [-0.2, 0) is 0 Å². The maximum Gasteiger partial charge on any atom is 0.270 e. The summed E-state index contributed by atoms with van der Waals surface area (Å²) in [6.07, 6.45) is 9.03. The number of likely N-dealkylation sites (tertiary alicyclic amines) is 1. The molecule has 0 bridgehead atoms. The molecule has 1 amide bonds. The van der Waals surface area contributed by atoms with Gasteiger partial charge in [-0.25, -0.2) is 0 Å². The number of carbonyl (C=O) groups is 1. The van der Waals surface area contributed by atoms with Gasteiger partial charge in [-0.05, 0) is 44.1 Å². The number of nitrogens with two attached hydrogens (primary N) is 1. The van der Waals surface area contributed by atoms with Crippen molar-refractivity contribution in [3.8, 4) is 0 Å². The quantitative estimate of drug-likeness (QED) is 0.921. The third-order valence-corrected chi connectivity index (χ3v) is 4.74. The van der Waals surface area contributed by atoms with E-state index < -0.39 is 0 Å². The van der Waals surface area contributed by atoms with Gasteiger partial charge in [-0.1, -0.05) is 13.3 Å². The highest BCUT2D eigenvalue weighted by atomic mass is 16.2. The van der Waals surface area contributed by atoms with Crippen molar-refractivity contribution in [3.63, 3.8) is 0 Å². The second-order valence-electron chi connectivity index (χ2n) is 6.29. The zero-order valence-corrected chi connectivity index (χ0v) is 12.3. The molecule has 20 heavy (non-hydrogen) atoms. The summed E-state index contributed by atoms with van der Waals surface area (Å²) in [5.74, 6) is 0.957. The van der Waals surface area contributed by atoms with Crippen molar-refractivity contribution in [1.82, 2.24) is 9.47 Å². The Labute approximate surface area is 120 Å². The Morgan fingerprint density at radius 2 is 2.10 bits per heavy atom. The molecular weight excluding hydrogens is 250 g/mol. The number of amides is 1. The standard InChI is InChI=1S/C16H25N3O/c1-2-12-4-3-8-18(9-7-12)16(20)15-10-13(17)11-19(15)14-5-6-14/h10-12,14H,2-9,17H2,1H3. The molecular formula is C16H25N3O. The molecule has 2 fully saturated rings. The van der Waals surface area contributed by atoms with E-state index in [9.17, 15) is 4.79 Å². The number of hydrogen-bond acceptors (Lipinski definition) is 2. The lowest BCUT2D eigenvalue weighted by molar-refractivity contribution is 0.0749. The van der Waals surface area contributed by atoms with Crippen molar-refractivity contribution in [2.45, 2.75) is 51.5 Å². The van der Waals surface area contributed by atoms with Gasteiger partial charge in [0.2, 0.25) is 0 Å². The Morgan fingerprint density at radius 3 is 2.80 bits per heavy atom. The van der Waals surface area contributed by atoms with Crippen molar-refractivity contribution in [2.24, 2.45) is 5.92 Å². The number of aromatic nitrogens is 1. The maximum absolute atomic E-state index is 12.8. The molecule has 4 heteroatoms. The summed E-state index contributed by atoms with van der Waals surface area (Å²) in [7, 11) is 0. The Balaban J connectivity index is 1.75. The van der Waals surface area contributed by atoms with Crippen LogP contribution in [0.2, 0.25) is 0 Å². The third-order valence-electron chi connectivity index (χ3n) is 4.74. The SMILES string of the molecule is CCC1CCCN(C(=O)c2cc(N)cn2C2CC2)CC1. The lowest BCUT2D eigenvalue weighted by Crippen LogP contribution is -2.33. The molecule has 1 aliphatic carbocycles. The first-order chi connectivity index (χ1) is 9.69. The fourth-order valence-corrected chi connectivity index (χ4v) is 3.27. The third kappa shape index (κ3) is 2.69. The van der Waals surface area contributed by atoms with Crippen LogP contribution in [0.15, 0.2) is 12.3 Å². The van der Waals surface area contributed by atoms with Gasteiger partial charge >= 0.3 is 0 Å². The highest BCUT2D eigenvalue weighted by Crippen LogP contribution is 2.37. The van der Waals surface area contributed by atoms with E-state index in [0.29, 0.717) is 11.7 Å². The van der Waals surface area contributed by atoms with Gasteiger partial charge in [0.15, 0.2) is 0 Å². The molecule has 1 saturated carbocycles. The summed E-state index contributed by atoms with van der Waals surface area (Å²) in [6, 6.07) is 2.35. The first kappa shape index (κ1) is 13.5. The molecule has 3 rings (SSSR count). The van der Waals surface area contributed by atoms with Gasteiger partial charge in [0.1, 0.15) is 5.69 Å². The summed E-state index contributed by atoms with van der Waals surface area (Å²) in [5, 5.41) is 0. The highest BCUT2D eigenvalue weighted by molar-refractivity contribution is 5.94. The molecule has 2 N–H and O–H groups in total. The van der Waals surface area contributed by atoms with E-state index in [1.807, 2.05) is 17.2 Å². The minimum absolute atomic E-state index is 0.172. The molecule has 2 aliphatic rings. The molecule has 1 saturated heterocycles. The molecule has 4 nitrogen and oxygen atoms in total. The largest absolute Gasteiger partial charge is 0.397 e. The van der Waals surface area contributed by atoms with Crippen LogP contribution in [0.25, 0.3) is 0 Å². The fourth-order valence-electron chi connectivity index (χ4n) is 3.27. The minimum atomic E-state index is 0.172. The van der Waals surface area contributed by atoms with E-state index in [0.717, 1.165) is 37.5 Å².